The molecule has 6 N–H and O–H groups in total. The van der Waals surface area contributed by atoms with E-state index in [1.807, 2.05) is 0 Å². The number of amides is 2. The van der Waals surface area contributed by atoms with Crippen LogP contribution in [0.3, 0.4) is 0 Å². The number of hydrogen-bond acceptors (Lipinski definition) is 10. The fourth-order valence-electron chi connectivity index (χ4n) is 5.01. The minimum atomic E-state index is -4.62. The monoisotopic (exact) mass is 698 g/mol. The maximum Gasteiger partial charge on any atom is 0.319 e. The zero-order chi connectivity index (χ0) is 35.1. The summed E-state index contributed by atoms with van der Waals surface area (Å²) in [7, 11) is -7.54. The van der Waals surface area contributed by atoms with Crippen LogP contribution in [-0.4, -0.2) is 52.7 Å². The number of anilines is 3. The molecular formula is C32H38N6O8S2. The SMILES string of the molecule is CCCCCCNC(=O)Nc1ccc(OC)c(N(CC)S(=O)(=O)c2ccccc2N=Nc2c(N)ccc3cc(S(=O)(=O)O)cc(O)c23)c1. The number of aromatic hydroxyl groups is 1. The first-order valence-electron chi connectivity index (χ1n) is 15.1. The third-order valence-corrected chi connectivity index (χ3v) is 10.1. The summed E-state index contributed by atoms with van der Waals surface area (Å²) in [5, 5.41) is 24.8. The molecule has 4 aromatic carbocycles. The average Bonchev–Trinajstić information content (AvgIpc) is 3.04. The molecule has 0 aromatic heterocycles. The van der Waals surface area contributed by atoms with E-state index in [1.165, 1.54) is 43.5 Å². The van der Waals surface area contributed by atoms with Crippen LogP contribution in [0.1, 0.15) is 39.5 Å². The van der Waals surface area contributed by atoms with E-state index in [2.05, 4.69) is 27.8 Å². The molecule has 0 unspecified atom stereocenters. The number of nitrogens with one attached hydrogen (secondary N) is 2. The number of carbonyl (C=O) groups is 1. The van der Waals surface area contributed by atoms with Crippen molar-refractivity contribution in [1.29, 1.82) is 0 Å². The Labute approximate surface area is 279 Å². The van der Waals surface area contributed by atoms with Crippen molar-refractivity contribution >= 4 is 65.4 Å². The molecule has 256 valence electrons. The fraction of sp³-hybridized carbons (Fsp3) is 0.281. The van der Waals surface area contributed by atoms with Gasteiger partial charge in [0.2, 0.25) is 0 Å². The number of ether oxygens (including phenoxy) is 1. The van der Waals surface area contributed by atoms with E-state index in [9.17, 15) is 31.3 Å². The largest absolute Gasteiger partial charge is 0.507 e. The summed E-state index contributed by atoms with van der Waals surface area (Å²) in [5.74, 6) is -0.293. The van der Waals surface area contributed by atoms with E-state index in [0.717, 1.165) is 42.1 Å². The molecule has 0 fully saturated rings. The van der Waals surface area contributed by atoms with Crippen LogP contribution in [0.15, 0.2) is 86.7 Å². The van der Waals surface area contributed by atoms with Crippen molar-refractivity contribution < 1.29 is 36.0 Å². The lowest BCUT2D eigenvalue weighted by Gasteiger charge is -2.25. The van der Waals surface area contributed by atoms with Gasteiger partial charge in [0, 0.05) is 24.8 Å². The van der Waals surface area contributed by atoms with E-state index in [1.54, 1.807) is 25.1 Å². The summed E-state index contributed by atoms with van der Waals surface area (Å²) in [6.07, 6.45) is 4.01. The number of nitrogen functional groups attached to an aromatic ring is 1. The Morgan fingerprint density at radius 3 is 2.40 bits per heavy atom. The van der Waals surface area contributed by atoms with Gasteiger partial charge in [-0.3, -0.25) is 8.86 Å². The van der Waals surface area contributed by atoms with Crippen LogP contribution in [0.5, 0.6) is 11.5 Å². The van der Waals surface area contributed by atoms with Crippen molar-refractivity contribution in [3.63, 3.8) is 0 Å². The molecule has 0 radical (unpaired) electrons. The molecule has 0 heterocycles. The van der Waals surface area contributed by atoms with Crippen LogP contribution in [0, 0.1) is 0 Å². The number of unbranched alkanes of at least 4 members (excludes halogenated alkanes) is 3. The predicted octanol–water partition coefficient (Wildman–Crippen LogP) is 6.72. The van der Waals surface area contributed by atoms with E-state index < -0.39 is 36.8 Å². The molecule has 0 aliphatic rings. The Morgan fingerprint density at radius 1 is 0.958 bits per heavy atom. The van der Waals surface area contributed by atoms with E-state index >= 15 is 0 Å². The predicted molar refractivity (Wildman–Crippen MR) is 185 cm³/mol. The number of methoxy groups -OCH3 is 1. The number of carbonyl (C=O) groups excluding carboxylic acids is 1. The fourth-order valence-corrected chi connectivity index (χ4v) is 7.15. The van der Waals surface area contributed by atoms with Gasteiger partial charge in [0.15, 0.2) is 0 Å². The summed E-state index contributed by atoms with van der Waals surface area (Å²) in [6.45, 7) is 4.24. The molecule has 2 amide bonds. The highest BCUT2D eigenvalue weighted by molar-refractivity contribution is 7.93. The number of benzene rings is 4. The molecule has 4 aromatic rings. The summed E-state index contributed by atoms with van der Waals surface area (Å²) in [4.78, 5) is 11.8. The number of phenolic OH excluding ortho intramolecular Hbond substituents is 1. The number of rotatable bonds is 14. The first-order chi connectivity index (χ1) is 22.8. The Balaban J connectivity index is 1.70. The molecule has 14 nitrogen and oxygen atoms in total. The molecule has 4 rings (SSSR count). The van der Waals surface area contributed by atoms with Gasteiger partial charge in [-0.05, 0) is 61.2 Å². The van der Waals surface area contributed by atoms with Crippen molar-refractivity contribution in [2.24, 2.45) is 10.2 Å². The van der Waals surface area contributed by atoms with Crippen LogP contribution in [0.4, 0.5) is 33.2 Å². The highest BCUT2D eigenvalue weighted by Crippen LogP contribution is 2.42. The molecular weight excluding hydrogens is 661 g/mol. The lowest BCUT2D eigenvalue weighted by atomic mass is 10.1. The van der Waals surface area contributed by atoms with Gasteiger partial charge in [0.05, 0.1) is 28.8 Å². The molecule has 0 saturated heterocycles. The molecule has 0 spiro atoms. The molecule has 0 aliphatic heterocycles. The first kappa shape index (κ1) is 35.9. The first-order valence-corrected chi connectivity index (χ1v) is 18.0. The number of nitrogens with zero attached hydrogens (tertiary/aromatic N) is 3. The van der Waals surface area contributed by atoms with Gasteiger partial charge in [-0.2, -0.15) is 8.42 Å². The van der Waals surface area contributed by atoms with Crippen LogP contribution in [0.2, 0.25) is 0 Å². The third kappa shape index (κ3) is 8.13. The number of fused-ring (bicyclic) bond motifs is 1. The lowest BCUT2D eigenvalue weighted by molar-refractivity contribution is 0.252. The number of phenols is 1. The van der Waals surface area contributed by atoms with Gasteiger partial charge in [-0.25, -0.2) is 13.2 Å². The summed E-state index contributed by atoms with van der Waals surface area (Å²) in [6, 6.07) is 14.9. The zero-order valence-electron chi connectivity index (χ0n) is 26.7. The van der Waals surface area contributed by atoms with Crippen LogP contribution in [0.25, 0.3) is 10.8 Å². The summed E-state index contributed by atoms with van der Waals surface area (Å²) in [5.41, 5.74) is 6.61. The van der Waals surface area contributed by atoms with Crippen molar-refractivity contribution in [2.45, 2.75) is 49.3 Å². The number of azo groups is 1. The van der Waals surface area contributed by atoms with Crippen LogP contribution < -0.4 is 25.4 Å². The molecule has 0 aliphatic carbocycles. The second kappa shape index (κ2) is 15.3. The highest BCUT2D eigenvalue weighted by atomic mass is 32.2. The summed E-state index contributed by atoms with van der Waals surface area (Å²) >= 11 is 0. The van der Waals surface area contributed by atoms with Crippen molar-refractivity contribution in [2.75, 3.05) is 35.6 Å². The van der Waals surface area contributed by atoms with Gasteiger partial charge in [-0.15, -0.1) is 10.2 Å². The average molecular weight is 699 g/mol. The highest BCUT2D eigenvalue weighted by Gasteiger charge is 2.29. The second-order valence-corrected chi connectivity index (χ2v) is 13.9. The number of nitrogens with two attached hydrogens (primary N) is 1. The standard InChI is InChI=1S/C32H38N6O8S2/c1-4-6-7-10-17-34-32(40)35-22-14-16-28(46-3)26(19-22)38(5-2)47(41,42)29-12-9-8-11-25(29)36-37-31-24(33)15-13-21-18-23(48(43,44)45)20-27(39)30(21)31/h8-9,11-16,18-20,39H,4-7,10,17,33H2,1-3H3,(H2,34,35,40)(H,43,44,45). The minimum absolute atomic E-state index is 0.0164. The second-order valence-electron chi connectivity index (χ2n) is 10.7. The van der Waals surface area contributed by atoms with Crippen molar-refractivity contribution in [3.05, 3.63) is 66.7 Å². The smallest absolute Gasteiger partial charge is 0.319 e. The van der Waals surface area contributed by atoms with E-state index in [4.69, 9.17) is 10.5 Å². The Morgan fingerprint density at radius 2 is 1.71 bits per heavy atom. The van der Waals surface area contributed by atoms with E-state index in [0.29, 0.717) is 12.2 Å². The van der Waals surface area contributed by atoms with E-state index in [-0.39, 0.29) is 50.7 Å². The Bertz CT molecular complexity index is 2050. The maximum atomic E-state index is 14.2. The number of urea groups is 1. The lowest BCUT2D eigenvalue weighted by Crippen LogP contribution is -2.32. The van der Waals surface area contributed by atoms with Crippen LogP contribution >= 0.6 is 0 Å². The van der Waals surface area contributed by atoms with Crippen LogP contribution in [-0.2, 0) is 20.1 Å². The Hall–Kier alpha value is -4.93. The molecule has 48 heavy (non-hydrogen) atoms. The third-order valence-electron chi connectivity index (χ3n) is 7.37. The molecule has 16 heteroatoms. The van der Waals surface area contributed by atoms with Crippen molar-refractivity contribution in [1.82, 2.24) is 5.32 Å². The summed E-state index contributed by atoms with van der Waals surface area (Å²) < 4.78 is 67.8. The normalized spacial score (nSPS) is 11.9. The quantitative estimate of drug-likeness (QED) is 0.0409. The Kier molecular flexibility index (Phi) is 11.5. The van der Waals surface area contributed by atoms with Gasteiger partial charge in [-0.1, -0.05) is 44.4 Å². The topological polar surface area (TPSA) is 213 Å². The van der Waals surface area contributed by atoms with Gasteiger partial charge in [0.1, 0.15) is 27.8 Å². The number of hydrogen-bond donors (Lipinski definition) is 5. The van der Waals surface area contributed by atoms with Crippen molar-refractivity contribution in [3.8, 4) is 11.5 Å². The molecule has 0 bridgehead atoms. The maximum absolute atomic E-state index is 14.2. The van der Waals surface area contributed by atoms with Gasteiger partial charge in [0.25, 0.3) is 20.1 Å². The molecule has 0 saturated carbocycles. The molecule has 0 atom stereocenters. The zero-order valence-corrected chi connectivity index (χ0v) is 28.3. The number of sulfonamides is 1. The minimum Gasteiger partial charge on any atom is -0.507 e. The van der Waals surface area contributed by atoms with Gasteiger partial charge < -0.3 is 26.2 Å². The van der Waals surface area contributed by atoms with Gasteiger partial charge >= 0.3 is 6.03 Å².